The van der Waals surface area contributed by atoms with E-state index in [2.05, 4.69) is 4.98 Å². The summed E-state index contributed by atoms with van der Waals surface area (Å²) < 4.78 is 0. The molecule has 3 heterocycles. The lowest BCUT2D eigenvalue weighted by Crippen LogP contribution is -2.40. The Balaban J connectivity index is 1.80. The molecule has 0 aliphatic carbocycles. The molecule has 0 unspecified atom stereocenters. The minimum Gasteiger partial charge on any atom is -0.393 e. The minimum absolute atomic E-state index is 0.00404. The van der Waals surface area contributed by atoms with E-state index >= 15 is 0 Å². The van der Waals surface area contributed by atoms with Crippen molar-refractivity contribution in [2.24, 2.45) is 0 Å². The molecule has 25 heavy (non-hydrogen) atoms. The van der Waals surface area contributed by atoms with Crippen LogP contribution in [0.2, 0.25) is 0 Å². The Bertz CT molecular complexity index is 903. The number of carbonyl (C=O) groups is 1. The zero-order valence-electron chi connectivity index (χ0n) is 13.8. The Kier molecular flexibility index (Phi) is 4.15. The van der Waals surface area contributed by atoms with Gasteiger partial charge < -0.3 is 10.0 Å². The van der Waals surface area contributed by atoms with Crippen LogP contribution in [0.25, 0.3) is 22.2 Å². The van der Waals surface area contributed by atoms with Crippen molar-refractivity contribution < 1.29 is 9.90 Å². The number of benzene rings is 1. The smallest absolute Gasteiger partial charge is 0.254 e. The van der Waals surface area contributed by atoms with Gasteiger partial charge in [0.05, 0.1) is 22.9 Å². The fraction of sp³-hybridized carbons (Fsp3) is 0.250. The van der Waals surface area contributed by atoms with Crippen LogP contribution >= 0.6 is 0 Å². The number of aromatic nitrogens is 2. The average Bonchev–Trinajstić information content (AvgIpc) is 2.68. The number of para-hydroxylation sites is 1. The van der Waals surface area contributed by atoms with E-state index in [4.69, 9.17) is 4.98 Å². The van der Waals surface area contributed by atoms with Gasteiger partial charge in [0.25, 0.3) is 5.91 Å². The third-order valence-corrected chi connectivity index (χ3v) is 4.66. The van der Waals surface area contributed by atoms with Crippen LogP contribution in [0.4, 0.5) is 0 Å². The predicted molar refractivity (Wildman–Crippen MR) is 96.1 cm³/mol. The summed E-state index contributed by atoms with van der Waals surface area (Å²) in [5.41, 5.74) is 3.08. The largest absolute Gasteiger partial charge is 0.393 e. The fourth-order valence-corrected chi connectivity index (χ4v) is 3.25. The highest BCUT2D eigenvalue weighted by Gasteiger charge is 2.24. The maximum atomic E-state index is 13.1. The Morgan fingerprint density at radius 3 is 2.68 bits per heavy atom. The van der Waals surface area contributed by atoms with Crippen LogP contribution in [0.15, 0.2) is 54.9 Å². The number of aliphatic hydroxyl groups excluding tert-OH is 1. The van der Waals surface area contributed by atoms with Crippen molar-refractivity contribution in [1.29, 1.82) is 0 Å². The van der Waals surface area contributed by atoms with Crippen molar-refractivity contribution in [3.63, 3.8) is 0 Å². The van der Waals surface area contributed by atoms with Crippen molar-refractivity contribution in [3.05, 3.63) is 60.4 Å². The number of fused-ring (bicyclic) bond motifs is 1. The van der Waals surface area contributed by atoms with Gasteiger partial charge in [-0.15, -0.1) is 0 Å². The molecule has 0 spiro atoms. The lowest BCUT2D eigenvalue weighted by molar-refractivity contribution is 0.0548. The molecule has 1 amide bonds. The molecule has 0 radical (unpaired) electrons. The molecule has 1 aromatic carbocycles. The molecule has 126 valence electrons. The monoisotopic (exact) mass is 333 g/mol. The van der Waals surface area contributed by atoms with E-state index in [0.717, 1.165) is 22.2 Å². The first-order valence-electron chi connectivity index (χ1n) is 8.50. The molecule has 1 fully saturated rings. The number of likely N-dealkylation sites (tertiary alicyclic amines) is 1. The first kappa shape index (κ1) is 15.7. The maximum Gasteiger partial charge on any atom is 0.254 e. The van der Waals surface area contributed by atoms with Gasteiger partial charge in [0.15, 0.2) is 0 Å². The van der Waals surface area contributed by atoms with Crippen molar-refractivity contribution in [3.8, 4) is 11.3 Å². The lowest BCUT2D eigenvalue weighted by Gasteiger charge is -2.30. The molecule has 4 rings (SSSR count). The average molecular weight is 333 g/mol. The summed E-state index contributed by atoms with van der Waals surface area (Å²) in [6.07, 6.45) is 4.43. The van der Waals surface area contributed by atoms with Crippen LogP contribution in [0.3, 0.4) is 0 Å². The quantitative estimate of drug-likeness (QED) is 0.783. The van der Waals surface area contributed by atoms with E-state index in [1.807, 2.05) is 47.4 Å². The first-order valence-corrected chi connectivity index (χ1v) is 8.50. The second-order valence-electron chi connectivity index (χ2n) is 6.34. The van der Waals surface area contributed by atoms with E-state index in [9.17, 15) is 9.90 Å². The van der Waals surface area contributed by atoms with E-state index < -0.39 is 0 Å². The van der Waals surface area contributed by atoms with Crippen molar-refractivity contribution in [2.45, 2.75) is 18.9 Å². The lowest BCUT2D eigenvalue weighted by atomic mass is 10.0. The van der Waals surface area contributed by atoms with Crippen molar-refractivity contribution in [1.82, 2.24) is 14.9 Å². The highest BCUT2D eigenvalue weighted by atomic mass is 16.3. The third kappa shape index (κ3) is 3.10. The summed E-state index contributed by atoms with van der Waals surface area (Å²) in [5, 5.41) is 10.5. The second-order valence-corrected chi connectivity index (χ2v) is 6.34. The predicted octanol–water partition coefficient (Wildman–Crippen LogP) is 2.89. The Hall–Kier alpha value is -2.79. The molecule has 1 aliphatic heterocycles. The summed E-state index contributed by atoms with van der Waals surface area (Å²) >= 11 is 0. The number of piperidine rings is 1. The van der Waals surface area contributed by atoms with E-state index in [1.165, 1.54) is 0 Å². The third-order valence-electron chi connectivity index (χ3n) is 4.66. The van der Waals surface area contributed by atoms with E-state index in [1.54, 1.807) is 12.4 Å². The van der Waals surface area contributed by atoms with Gasteiger partial charge in [-0.25, -0.2) is 4.98 Å². The fourth-order valence-electron chi connectivity index (χ4n) is 3.25. The molecular weight excluding hydrogens is 314 g/mol. The molecular formula is C20H19N3O2. The van der Waals surface area contributed by atoms with Crippen LogP contribution in [-0.4, -0.2) is 45.1 Å². The summed E-state index contributed by atoms with van der Waals surface area (Å²) in [4.78, 5) is 23.8. The summed E-state index contributed by atoms with van der Waals surface area (Å²) in [5.74, 6) is -0.00404. The van der Waals surface area contributed by atoms with Gasteiger partial charge in [-0.1, -0.05) is 18.2 Å². The second kappa shape index (κ2) is 6.61. The number of hydrogen-bond acceptors (Lipinski definition) is 4. The SMILES string of the molecule is O=C(c1cc(-c2cccnc2)nc2ccccc12)N1CCC(O)CC1. The topological polar surface area (TPSA) is 66.3 Å². The molecule has 0 atom stereocenters. The van der Waals surface area contributed by atoms with Crippen LogP contribution in [0.1, 0.15) is 23.2 Å². The van der Waals surface area contributed by atoms with Crippen LogP contribution in [0, 0.1) is 0 Å². The Morgan fingerprint density at radius 2 is 1.92 bits per heavy atom. The number of nitrogens with zero attached hydrogens (tertiary/aromatic N) is 3. The van der Waals surface area contributed by atoms with Crippen LogP contribution in [-0.2, 0) is 0 Å². The van der Waals surface area contributed by atoms with Gasteiger partial charge in [0.1, 0.15) is 0 Å². The highest BCUT2D eigenvalue weighted by molar-refractivity contribution is 6.07. The molecule has 0 bridgehead atoms. The molecule has 1 N–H and O–H groups in total. The standard InChI is InChI=1S/C20H19N3O2/c24-15-7-10-23(11-8-15)20(25)17-12-19(14-4-3-9-21-13-14)22-18-6-2-1-5-16(17)18/h1-6,9,12-13,15,24H,7-8,10-11H2. The first-order chi connectivity index (χ1) is 12.2. The molecule has 5 nitrogen and oxygen atoms in total. The Morgan fingerprint density at radius 1 is 1.12 bits per heavy atom. The van der Waals surface area contributed by atoms with Gasteiger partial charge >= 0.3 is 0 Å². The molecule has 1 saturated heterocycles. The van der Waals surface area contributed by atoms with Crippen LogP contribution < -0.4 is 0 Å². The van der Waals surface area contributed by atoms with Gasteiger partial charge in [0.2, 0.25) is 0 Å². The molecule has 0 saturated carbocycles. The number of hydrogen-bond donors (Lipinski definition) is 1. The molecule has 5 heteroatoms. The summed E-state index contributed by atoms with van der Waals surface area (Å²) in [7, 11) is 0. The minimum atomic E-state index is -0.302. The van der Waals surface area contributed by atoms with Crippen LogP contribution in [0.5, 0.6) is 0 Å². The van der Waals surface area contributed by atoms with Gasteiger partial charge in [-0.3, -0.25) is 9.78 Å². The highest BCUT2D eigenvalue weighted by Crippen LogP contribution is 2.26. The van der Waals surface area contributed by atoms with E-state index in [-0.39, 0.29) is 12.0 Å². The van der Waals surface area contributed by atoms with Crippen molar-refractivity contribution in [2.75, 3.05) is 13.1 Å². The molecule has 2 aromatic heterocycles. The normalized spacial score (nSPS) is 15.5. The summed E-state index contributed by atoms with van der Waals surface area (Å²) in [6, 6.07) is 13.4. The molecule has 1 aliphatic rings. The summed E-state index contributed by atoms with van der Waals surface area (Å²) in [6.45, 7) is 1.16. The number of carbonyl (C=O) groups excluding carboxylic acids is 1. The zero-order chi connectivity index (χ0) is 17.2. The Labute approximate surface area is 146 Å². The maximum absolute atomic E-state index is 13.1. The zero-order valence-corrected chi connectivity index (χ0v) is 13.8. The van der Waals surface area contributed by atoms with E-state index in [0.29, 0.717) is 31.5 Å². The van der Waals surface area contributed by atoms with Gasteiger partial charge in [-0.05, 0) is 37.1 Å². The van der Waals surface area contributed by atoms with Crippen molar-refractivity contribution >= 4 is 16.8 Å². The number of aliphatic hydroxyl groups is 1. The number of amides is 1. The van der Waals surface area contributed by atoms with Gasteiger partial charge in [0, 0.05) is 36.4 Å². The number of rotatable bonds is 2. The molecule has 3 aromatic rings. The van der Waals surface area contributed by atoms with Gasteiger partial charge in [-0.2, -0.15) is 0 Å². The number of pyridine rings is 2.